The molecule has 0 aliphatic carbocycles. The summed E-state index contributed by atoms with van der Waals surface area (Å²) < 4.78 is 19.2. The topological polar surface area (TPSA) is 41.6 Å². The third-order valence-electron chi connectivity index (χ3n) is 4.79. The van der Waals surface area contributed by atoms with Crippen LogP contribution in [-0.4, -0.2) is 36.6 Å². The van der Waals surface area contributed by atoms with Gasteiger partial charge in [-0.3, -0.25) is 9.69 Å². The van der Waals surface area contributed by atoms with E-state index < -0.39 is 0 Å². The van der Waals surface area contributed by atoms with E-state index in [2.05, 4.69) is 29.3 Å². The van der Waals surface area contributed by atoms with Gasteiger partial charge in [0.25, 0.3) is 0 Å². The fraction of sp³-hybridized carbons (Fsp3) is 0.409. The number of halogens is 1. The highest BCUT2D eigenvalue weighted by Gasteiger charge is 2.16. The van der Waals surface area contributed by atoms with Gasteiger partial charge in [0.2, 0.25) is 5.91 Å². The Bertz CT molecular complexity index is 765. The fourth-order valence-corrected chi connectivity index (χ4v) is 3.37. The maximum atomic E-state index is 13.6. The number of nitrogens with zero attached hydrogens (tertiary/aromatic N) is 1. The van der Waals surface area contributed by atoms with Crippen LogP contribution in [-0.2, 0) is 29.0 Å². The van der Waals surface area contributed by atoms with Crippen molar-refractivity contribution in [1.82, 2.24) is 10.2 Å². The second-order valence-corrected chi connectivity index (χ2v) is 7.10. The molecule has 4 nitrogen and oxygen atoms in total. The van der Waals surface area contributed by atoms with Gasteiger partial charge in [0.05, 0.1) is 12.7 Å². The van der Waals surface area contributed by atoms with Crippen molar-refractivity contribution in [1.29, 1.82) is 0 Å². The predicted octanol–water partition coefficient (Wildman–Crippen LogP) is 3.30. The zero-order chi connectivity index (χ0) is 19.1. The zero-order valence-corrected chi connectivity index (χ0v) is 15.8. The molecule has 1 saturated heterocycles. The minimum Gasteiger partial charge on any atom is -0.376 e. The molecule has 1 aliphatic rings. The van der Waals surface area contributed by atoms with Gasteiger partial charge in [-0.1, -0.05) is 42.5 Å². The van der Waals surface area contributed by atoms with E-state index in [-0.39, 0.29) is 24.2 Å². The quantitative estimate of drug-likeness (QED) is 0.813. The average molecular weight is 370 g/mol. The van der Waals surface area contributed by atoms with Crippen molar-refractivity contribution in [3.63, 3.8) is 0 Å². The summed E-state index contributed by atoms with van der Waals surface area (Å²) in [7, 11) is 0. The third kappa shape index (κ3) is 6.15. The maximum absolute atomic E-state index is 13.6. The molecule has 144 valence electrons. The number of rotatable bonds is 7. The highest BCUT2D eigenvalue weighted by Crippen LogP contribution is 2.13. The van der Waals surface area contributed by atoms with Gasteiger partial charge in [-0.15, -0.1) is 0 Å². The number of benzene rings is 2. The first-order valence-electron chi connectivity index (χ1n) is 9.52. The molecule has 27 heavy (non-hydrogen) atoms. The Morgan fingerprint density at radius 1 is 1.22 bits per heavy atom. The Kier molecular flexibility index (Phi) is 6.96. The van der Waals surface area contributed by atoms with Crippen molar-refractivity contribution in [3.05, 3.63) is 71.0 Å². The van der Waals surface area contributed by atoms with Crippen LogP contribution in [0.25, 0.3) is 0 Å². The summed E-state index contributed by atoms with van der Waals surface area (Å²) in [5, 5.41) is 2.93. The summed E-state index contributed by atoms with van der Waals surface area (Å²) in [5.41, 5.74) is 2.89. The number of hydrogen-bond donors (Lipinski definition) is 1. The number of carbonyl (C=O) groups is 1. The van der Waals surface area contributed by atoms with Crippen LogP contribution in [0.4, 0.5) is 4.39 Å². The lowest BCUT2D eigenvalue weighted by Crippen LogP contribution is -2.40. The zero-order valence-electron chi connectivity index (χ0n) is 15.8. The van der Waals surface area contributed by atoms with Crippen LogP contribution < -0.4 is 5.32 Å². The molecule has 0 saturated carbocycles. The monoisotopic (exact) mass is 370 g/mol. The van der Waals surface area contributed by atoms with Gasteiger partial charge >= 0.3 is 0 Å². The standard InChI is InChI=1S/C22H27FN2O2/c1-17-15-25(11-12-27-17)16-19-6-4-5-18(13-19)14-24-22(26)10-9-20-7-2-3-8-21(20)23/h2-8,13,17H,9-12,14-16H2,1H3,(H,24,26). The number of morpholine rings is 1. The van der Waals surface area contributed by atoms with Crippen molar-refractivity contribution in [2.75, 3.05) is 19.7 Å². The maximum Gasteiger partial charge on any atom is 0.220 e. The van der Waals surface area contributed by atoms with E-state index in [0.717, 1.165) is 31.8 Å². The number of hydrogen-bond acceptors (Lipinski definition) is 3. The molecule has 1 fully saturated rings. The Hall–Kier alpha value is -2.24. The highest BCUT2D eigenvalue weighted by molar-refractivity contribution is 5.76. The third-order valence-corrected chi connectivity index (χ3v) is 4.79. The van der Waals surface area contributed by atoms with E-state index in [1.807, 2.05) is 12.1 Å². The first kappa shape index (κ1) is 19.5. The summed E-state index contributed by atoms with van der Waals surface area (Å²) in [5.74, 6) is -0.318. The van der Waals surface area contributed by atoms with E-state index in [0.29, 0.717) is 18.5 Å². The predicted molar refractivity (Wildman–Crippen MR) is 104 cm³/mol. The van der Waals surface area contributed by atoms with Gasteiger partial charge in [0.1, 0.15) is 5.82 Å². The molecule has 2 aromatic rings. The molecule has 0 spiro atoms. The van der Waals surface area contributed by atoms with E-state index in [1.165, 1.54) is 11.6 Å². The van der Waals surface area contributed by atoms with Crippen LogP contribution >= 0.6 is 0 Å². The molecule has 1 atom stereocenters. The Balaban J connectivity index is 1.46. The second-order valence-electron chi connectivity index (χ2n) is 7.10. The lowest BCUT2D eigenvalue weighted by molar-refractivity contribution is -0.121. The highest BCUT2D eigenvalue weighted by atomic mass is 19.1. The lowest BCUT2D eigenvalue weighted by Gasteiger charge is -2.31. The van der Waals surface area contributed by atoms with Crippen LogP contribution in [0.5, 0.6) is 0 Å². The molecule has 1 N–H and O–H groups in total. The largest absolute Gasteiger partial charge is 0.376 e. The molecule has 0 radical (unpaired) electrons. The molecule has 1 amide bonds. The lowest BCUT2D eigenvalue weighted by atomic mass is 10.1. The molecule has 5 heteroatoms. The van der Waals surface area contributed by atoms with Crippen LogP contribution in [0.3, 0.4) is 0 Å². The average Bonchev–Trinajstić information content (AvgIpc) is 2.66. The van der Waals surface area contributed by atoms with Crippen molar-refractivity contribution < 1.29 is 13.9 Å². The Morgan fingerprint density at radius 2 is 2.04 bits per heavy atom. The molecular weight excluding hydrogens is 343 g/mol. The minimum absolute atomic E-state index is 0.0642. The summed E-state index contributed by atoms with van der Waals surface area (Å²) in [6, 6.07) is 14.9. The number of carbonyl (C=O) groups excluding carboxylic acids is 1. The molecule has 1 aliphatic heterocycles. The van der Waals surface area contributed by atoms with Gasteiger partial charge in [-0.25, -0.2) is 4.39 Å². The summed E-state index contributed by atoms with van der Waals surface area (Å²) in [6.07, 6.45) is 0.968. The molecule has 0 bridgehead atoms. The van der Waals surface area contributed by atoms with Gasteiger partial charge in [0, 0.05) is 32.6 Å². The van der Waals surface area contributed by atoms with Crippen LogP contribution in [0.1, 0.15) is 30.0 Å². The Labute approximate surface area is 160 Å². The normalized spacial score (nSPS) is 17.6. The fourth-order valence-electron chi connectivity index (χ4n) is 3.37. The van der Waals surface area contributed by atoms with Crippen molar-refractivity contribution >= 4 is 5.91 Å². The van der Waals surface area contributed by atoms with Gasteiger partial charge in [-0.05, 0) is 36.1 Å². The molecule has 0 aromatic heterocycles. The van der Waals surface area contributed by atoms with Crippen LogP contribution in [0.15, 0.2) is 48.5 Å². The van der Waals surface area contributed by atoms with Crippen molar-refractivity contribution in [3.8, 4) is 0 Å². The first-order chi connectivity index (χ1) is 13.1. The molecule has 3 rings (SSSR count). The van der Waals surface area contributed by atoms with Crippen LogP contribution in [0, 0.1) is 5.82 Å². The molecular formula is C22H27FN2O2. The number of ether oxygens (including phenoxy) is 1. The van der Waals surface area contributed by atoms with E-state index in [9.17, 15) is 9.18 Å². The molecule has 1 unspecified atom stereocenters. The first-order valence-corrected chi connectivity index (χ1v) is 9.52. The summed E-state index contributed by atoms with van der Waals surface area (Å²) in [6.45, 7) is 6.14. The molecule has 1 heterocycles. The van der Waals surface area contributed by atoms with Gasteiger partial charge in [0.15, 0.2) is 0 Å². The van der Waals surface area contributed by atoms with E-state index in [1.54, 1.807) is 18.2 Å². The van der Waals surface area contributed by atoms with Crippen molar-refractivity contribution in [2.45, 2.75) is 39.0 Å². The van der Waals surface area contributed by atoms with Crippen LogP contribution in [0.2, 0.25) is 0 Å². The van der Waals surface area contributed by atoms with E-state index >= 15 is 0 Å². The number of aryl methyl sites for hydroxylation is 1. The summed E-state index contributed by atoms with van der Waals surface area (Å²) >= 11 is 0. The number of nitrogens with one attached hydrogen (secondary N) is 1. The van der Waals surface area contributed by atoms with Gasteiger partial charge < -0.3 is 10.1 Å². The Morgan fingerprint density at radius 3 is 2.85 bits per heavy atom. The number of amides is 1. The second kappa shape index (κ2) is 9.62. The van der Waals surface area contributed by atoms with E-state index in [4.69, 9.17) is 4.74 Å². The molecule has 2 aromatic carbocycles. The smallest absolute Gasteiger partial charge is 0.220 e. The van der Waals surface area contributed by atoms with Gasteiger partial charge in [-0.2, -0.15) is 0 Å². The SMILES string of the molecule is CC1CN(Cc2cccc(CNC(=O)CCc3ccccc3F)c2)CCO1. The summed E-state index contributed by atoms with van der Waals surface area (Å²) in [4.78, 5) is 14.5. The van der Waals surface area contributed by atoms with Crippen molar-refractivity contribution in [2.24, 2.45) is 0 Å². The minimum atomic E-state index is -0.254.